The number of rotatable bonds is 3. The first-order valence-corrected chi connectivity index (χ1v) is 8.60. The minimum atomic E-state index is -3.89. The predicted molar refractivity (Wildman–Crippen MR) is 87.5 cm³/mol. The van der Waals surface area contributed by atoms with E-state index in [0.717, 1.165) is 4.47 Å². The van der Waals surface area contributed by atoms with E-state index in [1.54, 1.807) is 36.4 Å². The van der Waals surface area contributed by atoms with Gasteiger partial charge in [-0.1, -0.05) is 40.2 Å². The summed E-state index contributed by atoms with van der Waals surface area (Å²) in [6.07, 6.45) is 0. The zero-order valence-electron chi connectivity index (χ0n) is 11.2. The van der Waals surface area contributed by atoms with E-state index in [9.17, 15) is 13.2 Å². The maximum Gasteiger partial charge on any atom is 0.262 e. The molecule has 1 aliphatic rings. The van der Waals surface area contributed by atoms with Gasteiger partial charge in [-0.25, -0.2) is 8.42 Å². The normalized spacial score (nSPS) is 15.5. The number of anilines is 1. The second-order valence-corrected chi connectivity index (χ2v) is 7.47. The molecule has 0 aromatic heterocycles. The average molecular weight is 379 g/mol. The Labute approximate surface area is 135 Å². The Morgan fingerprint density at radius 1 is 1.09 bits per heavy atom. The summed E-state index contributed by atoms with van der Waals surface area (Å²) in [5, 5.41) is 2.99. The molecule has 0 saturated carbocycles. The van der Waals surface area contributed by atoms with Gasteiger partial charge in [0.05, 0.1) is 10.6 Å². The molecule has 1 amide bonds. The van der Waals surface area contributed by atoms with E-state index < -0.39 is 20.6 Å². The summed E-state index contributed by atoms with van der Waals surface area (Å²) in [5.74, 6) is -0.978. The molecule has 0 spiro atoms. The molecule has 2 aromatic carbocycles. The maximum atomic E-state index is 12.5. The van der Waals surface area contributed by atoms with Crippen molar-refractivity contribution in [3.63, 3.8) is 0 Å². The number of primary amides is 1. The van der Waals surface area contributed by atoms with Crippen LogP contribution in [-0.4, -0.2) is 14.3 Å². The van der Waals surface area contributed by atoms with Crippen LogP contribution in [0.5, 0.6) is 0 Å². The van der Waals surface area contributed by atoms with E-state index in [-0.39, 0.29) is 10.6 Å². The number of nitrogens with two attached hydrogens (primary N) is 1. The molecule has 0 fully saturated rings. The molecular weight excluding hydrogens is 368 g/mol. The largest absolute Gasteiger partial charge is 0.365 e. The molecule has 2 aromatic rings. The number of carbonyl (C=O) groups excluding carboxylic acids is 1. The minimum Gasteiger partial charge on any atom is -0.365 e. The smallest absolute Gasteiger partial charge is 0.262 e. The van der Waals surface area contributed by atoms with E-state index >= 15 is 0 Å². The third-order valence-corrected chi connectivity index (χ3v) is 5.63. The first-order chi connectivity index (χ1) is 10.4. The number of hydrogen-bond acceptors (Lipinski definition) is 4. The van der Waals surface area contributed by atoms with Crippen LogP contribution in [0.1, 0.15) is 5.56 Å². The predicted octanol–water partition coefficient (Wildman–Crippen LogP) is 2.50. The van der Waals surface area contributed by atoms with Gasteiger partial charge in [0.15, 0.2) is 4.91 Å². The van der Waals surface area contributed by atoms with Crippen molar-refractivity contribution < 1.29 is 13.2 Å². The molecule has 0 aliphatic carbocycles. The Morgan fingerprint density at radius 2 is 1.82 bits per heavy atom. The summed E-state index contributed by atoms with van der Waals surface area (Å²) in [5.41, 5.74) is 6.60. The Kier molecular flexibility index (Phi) is 3.54. The van der Waals surface area contributed by atoms with Crippen LogP contribution in [0, 0.1) is 0 Å². The lowest BCUT2D eigenvalue weighted by molar-refractivity contribution is -0.113. The van der Waals surface area contributed by atoms with E-state index in [4.69, 9.17) is 5.73 Å². The zero-order valence-corrected chi connectivity index (χ0v) is 13.6. The van der Waals surface area contributed by atoms with Gasteiger partial charge in [0.25, 0.3) is 5.91 Å². The minimum absolute atomic E-state index is 0.0845. The Bertz CT molecular complexity index is 920. The van der Waals surface area contributed by atoms with Crippen LogP contribution < -0.4 is 11.1 Å². The third kappa shape index (κ3) is 2.32. The Morgan fingerprint density at radius 3 is 2.50 bits per heavy atom. The van der Waals surface area contributed by atoms with Gasteiger partial charge >= 0.3 is 0 Å². The molecule has 1 heterocycles. The topological polar surface area (TPSA) is 89.3 Å². The number of nitrogens with one attached hydrogen (secondary N) is 1. The van der Waals surface area contributed by atoms with Gasteiger partial charge in [-0.05, 0) is 24.3 Å². The summed E-state index contributed by atoms with van der Waals surface area (Å²) < 4.78 is 25.8. The highest BCUT2D eigenvalue weighted by atomic mass is 79.9. The highest BCUT2D eigenvalue weighted by molar-refractivity contribution is 9.10. The lowest BCUT2D eigenvalue weighted by atomic mass is 10.1. The van der Waals surface area contributed by atoms with Crippen LogP contribution in [0.3, 0.4) is 0 Å². The van der Waals surface area contributed by atoms with Crippen LogP contribution in [0.2, 0.25) is 0 Å². The van der Waals surface area contributed by atoms with Crippen molar-refractivity contribution in [2.24, 2.45) is 5.73 Å². The maximum absolute atomic E-state index is 12.5. The van der Waals surface area contributed by atoms with Crippen molar-refractivity contribution in [1.82, 2.24) is 0 Å². The number of carbonyl (C=O) groups is 1. The summed E-state index contributed by atoms with van der Waals surface area (Å²) in [6.45, 7) is 0. The summed E-state index contributed by atoms with van der Waals surface area (Å²) in [6, 6.07) is 13.6. The quantitative estimate of drug-likeness (QED) is 0.858. The number of benzene rings is 2. The number of halogens is 1. The molecule has 3 N–H and O–H groups in total. The van der Waals surface area contributed by atoms with Crippen LogP contribution in [0.15, 0.2) is 62.8 Å². The highest BCUT2D eigenvalue weighted by Crippen LogP contribution is 2.39. The first kappa shape index (κ1) is 14.8. The molecule has 0 bridgehead atoms. The monoisotopic (exact) mass is 378 g/mol. The average Bonchev–Trinajstić information content (AvgIpc) is 2.67. The second-order valence-electron chi connectivity index (χ2n) is 4.70. The molecule has 0 unspecified atom stereocenters. The van der Waals surface area contributed by atoms with Crippen molar-refractivity contribution in [3.05, 3.63) is 63.5 Å². The second kappa shape index (κ2) is 5.26. The van der Waals surface area contributed by atoms with Gasteiger partial charge in [0.2, 0.25) is 9.84 Å². The molecule has 0 radical (unpaired) electrons. The molecule has 0 atom stereocenters. The van der Waals surface area contributed by atoms with Crippen molar-refractivity contribution >= 4 is 43.1 Å². The fourth-order valence-electron chi connectivity index (χ4n) is 2.36. The summed E-state index contributed by atoms with van der Waals surface area (Å²) in [7, 11) is -3.89. The number of sulfone groups is 1. The van der Waals surface area contributed by atoms with Gasteiger partial charge < -0.3 is 11.1 Å². The van der Waals surface area contributed by atoms with Crippen molar-refractivity contribution in [3.8, 4) is 0 Å². The number of amides is 1. The molecule has 3 rings (SSSR count). The van der Waals surface area contributed by atoms with Gasteiger partial charge in [0.1, 0.15) is 0 Å². The van der Waals surface area contributed by atoms with Gasteiger partial charge in [-0.3, -0.25) is 4.79 Å². The van der Waals surface area contributed by atoms with Crippen molar-refractivity contribution in [1.29, 1.82) is 0 Å². The van der Waals surface area contributed by atoms with Gasteiger partial charge in [-0.2, -0.15) is 0 Å². The first-order valence-electron chi connectivity index (χ1n) is 6.32. The standard InChI is InChI=1S/C15H11BrN2O3S/c16-9-4-3-5-10(8-9)18-13-11-6-1-2-7-12(11)22(20,21)14(13)15(17)19/h1-8,18H,(H2,17,19). The fourth-order valence-corrected chi connectivity index (χ4v) is 4.40. The molecule has 7 heteroatoms. The van der Waals surface area contributed by atoms with Crippen LogP contribution in [0.25, 0.3) is 5.70 Å². The van der Waals surface area contributed by atoms with Gasteiger partial charge in [-0.15, -0.1) is 0 Å². The molecule has 5 nitrogen and oxygen atoms in total. The number of hydrogen-bond donors (Lipinski definition) is 2. The highest BCUT2D eigenvalue weighted by Gasteiger charge is 2.38. The Hall–Kier alpha value is -2.12. The third-order valence-electron chi connectivity index (χ3n) is 3.26. The van der Waals surface area contributed by atoms with Crippen LogP contribution in [-0.2, 0) is 14.6 Å². The number of fused-ring (bicyclic) bond motifs is 1. The molecule has 112 valence electrons. The van der Waals surface area contributed by atoms with Crippen molar-refractivity contribution in [2.75, 3.05) is 5.32 Å². The molecule has 22 heavy (non-hydrogen) atoms. The lowest BCUT2D eigenvalue weighted by Gasteiger charge is -2.09. The van der Waals surface area contributed by atoms with Crippen LogP contribution in [0.4, 0.5) is 5.69 Å². The van der Waals surface area contributed by atoms with E-state index in [1.165, 1.54) is 6.07 Å². The summed E-state index contributed by atoms with van der Waals surface area (Å²) in [4.78, 5) is 11.4. The van der Waals surface area contributed by atoms with E-state index in [2.05, 4.69) is 21.2 Å². The van der Waals surface area contributed by atoms with Crippen LogP contribution >= 0.6 is 15.9 Å². The van der Waals surface area contributed by atoms with E-state index in [0.29, 0.717) is 11.3 Å². The van der Waals surface area contributed by atoms with Gasteiger partial charge in [0, 0.05) is 15.7 Å². The zero-order chi connectivity index (χ0) is 15.9. The Balaban J connectivity index is 2.21. The molecule has 1 aliphatic heterocycles. The van der Waals surface area contributed by atoms with Crippen molar-refractivity contribution in [2.45, 2.75) is 4.90 Å². The molecule has 0 saturated heterocycles. The molecular formula is C15H11BrN2O3S. The lowest BCUT2D eigenvalue weighted by Crippen LogP contribution is -2.20. The van der Waals surface area contributed by atoms with E-state index in [1.807, 2.05) is 6.07 Å². The summed E-state index contributed by atoms with van der Waals surface area (Å²) >= 11 is 3.34. The SMILES string of the molecule is NC(=O)C1=C(Nc2cccc(Br)c2)c2ccccc2S1(=O)=O. The fraction of sp³-hybridized carbons (Fsp3) is 0.